The first-order chi connectivity index (χ1) is 14.7. The van der Waals surface area contributed by atoms with Crippen LogP contribution in [0.2, 0.25) is 0 Å². The van der Waals surface area contributed by atoms with Crippen molar-refractivity contribution in [2.45, 2.75) is 6.04 Å². The van der Waals surface area contributed by atoms with Crippen LogP contribution in [0, 0.1) is 5.82 Å². The normalized spacial score (nSPS) is 15.3. The Labute approximate surface area is 173 Å². The van der Waals surface area contributed by atoms with Gasteiger partial charge in [0.25, 0.3) is 0 Å². The highest BCUT2D eigenvalue weighted by atomic mass is 19.1. The third kappa shape index (κ3) is 2.97. The fourth-order valence-electron chi connectivity index (χ4n) is 3.89. The largest absolute Gasteiger partial charge is 0.493 e. The number of para-hydroxylation sites is 2. The number of benzene rings is 3. The third-order valence-electron chi connectivity index (χ3n) is 5.35. The molecule has 1 aliphatic rings. The molecule has 0 radical (unpaired) electrons. The molecule has 0 aliphatic carbocycles. The van der Waals surface area contributed by atoms with Gasteiger partial charge in [-0.05, 0) is 65.7 Å². The van der Waals surface area contributed by atoms with Crippen LogP contribution in [-0.2, 0) is 0 Å². The second-order valence-electron chi connectivity index (χ2n) is 7.07. The number of fused-ring (bicyclic) bond motifs is 3. The van der Waals surface area contributed by atoms with Gasteiger partial charge in [0.1, 0.15) is 5.82 Å². The Morgan fingerprint density at radius 2 is 1.70 bits per heavy atom. The van der Waals surface area contributed by atoms with Crippen molar-refractivity contribution in [1.82, 2.24) is 9.55 Å². The lowest BCUT2D eigenvalue weighted by Crippen LogP contribution is -2.19. The summed E-state index contributed by atoms with van der Waals surface area (Å²) < 4.78 is 26.5. The Morgan fingerprint density at radius 3 is 2.47 bits per heavy atom. The van der Waals surface area contributed by atoms with Crippen LogP contribution in [0.3, 0.4) is 0 Å². The molecule has 30 heavy (non-hydrogen) atoms. The molecular weight excluding hydrogens is 381 g/mol. The zero-order chi connectivity index (χ0) is 20.7. The van der Waals surface area contributed by atoms with E-state index in [1.54, 1.807) is 26.4 Å². The van der Waals surface area contributed by atoms with Gasteiger partial charge in [-0.3, -0.25) is 4.57 Å². The van der Waals surface area contributed by atoms with Crippen molar-refractivity contribution >= 4 is 22.7 Å². The predicted octanol–water partition coefficient (Wildman–Crippen LogP) is 5.25. The van der Waals surface area contributed by atoms with Gasteiger partial charge in [0.2, 0.25) is 5.95 Å². The van der Waals surface area contributed by atoms with Gasteiger partial charge in [-0.25, -0.2) is 9.37 Å². The molecule has 3 aromatic carbocycles. The lowest BCUT2D eigenvalue weighted by molar-refractivity contribution is 0.354. The number of rotatable bonds is 4. The van der Waals surface area contributed by atoms with Crippen molar-refractivity contribution in [2.24, 2.45) is 0 Å². The number of nitrogens with one attached hydrogen (secondary N) is 1. The Hall–Kier alpha value is -3.80. The fourth-order valence-corrected chi connectivity index (χ4v) is 3.89. The van der Waals surface area contributed by atoms with Gasteiger partial charge in [0, 0.05) is 5.70 Å². The summed E-state index contributed by atoms with van der Waals surface area (Å²) in [6.45, 7) is 0. The quantitative estimate of drug-likeness (QED) is 0.508. The molecule has 0 saturated carbocycles. The zero-order valence-corrected chi connectivity index (χ0v) is 16.6. The third-order valence-corrected chi connectivity index (χ3v) is 5.35. The van der Waals surface area contributed by atoms with Crippen molar-refractivity contribution in [3.8, 4) is 11.5 Å². The molecule has 0 amide bonds. The van der Waals surface area contributed by atoms with E-state index in [1.165, 1.54) is 12.1 Å². The number of anilines is 1. The summed E-state index contributed by atoms with van der Waals surface area (Å²) >= 11 is 0. The Balaban J connectivity index is 1.70. The minimum atomic E-state index is -0.265. The maximum Gasteiger partial charge on any atom is 0.209 e. The lowest BCUT2D eigenvalue weighted by Gasteiger charge is -2.27. The number of nitrogens with zero attached hydrogens (tertiary/aromatic N) is 2. The van der Waals surface area contributed by atoms with Gasteiger partial charge in [-0.2, -0.15) is 0 Å². The van der Waals surface area contributed by atoms with E-state index < -0.39 is 0 Å². The van der Waals surface area contributed by atoms with Crippen LogP contribution < -0.4 is 14.8 Å². The Morgan fingerprint density at radius 1 is 0.933 bits per heavy atom. The van der Waals surface area contributed by atoms with Gasteiger partial charge < -0.3 is 14.8 Å². The monoisotopic (exact) mass is 401 g/mol. The summed E-state index contributed by atoms with van der Waals surface area (Å²) in [5, 5.41) is 3.41. The molecule has 1 atom stereocenters. The van der Waals surface area contributed by atoms with E-state index in [4.69, 9.17) is 14.5 Å². The number of methoxy groups -OCH3 is 2. The van der Waals surface area contributed by atoms with E-state index >= 15 is 0 Å². The summed E-state index contributed by atoms with van der Waals surface area (Å²) in [5.74, 6) is 1.81. The van der Waals surface area contributed by atoms with E-state index in [9.17, 15) is 4.39 Å². The van der Waals surface area contributed by atoms with E-state index in [0.717, 1.165) is 33.8 Å². The van der Waals surface area contributed by atoms with Crippen LogP contribution >= 0.6 is 0 Å². The first-order valence-corrected chi connectivity index (χ1v) is 9.61. The summed E-state index contributed by atoms with van der Waals surface area (Å²) in [7, 11) is 3.25. The van der Waals surface area contributed by atoms with Crippen molar-refractivity contribution in [3.63, 3.8) is 0 Å². The minimum absolute atomic E-state index is 0.131. The van der Waals surface area contributed by atoms with E-state index in [0.29, 0.717) is 11.5 Å². The topological polar surface area (TPSA) is 48.3 Å². The molecule has 4 aromatic rings. The van der Waals surface area contributed by atoms with Gasteiger partial charge in [0.05, 0.1) is 31.3 Å². The average Bonchev–Trinajstić information content (AvgIpc) is 3.17. The van der Waals surface area contributed by atoms with Crippen LogP contribution in [0.15, 0.2) is 72.8 Å². The molecule has 1 N–H and O–H groups in total. The van der Waals surface area contributed by atoms with Crippen LogP contribution in [0.4, 0.5) is 10.3 Å². The standard InChI is InChI=1S/C24H20FN3O2/c1-29-22-12-9-16(13-23(22)30-2)21-14-19(15-7-10-17(25)11-8-15)27-24-26-18-5-3-4-6-20(18)28(21)24/h3-14,21H,1-2H3,(H,26,27). The highest BCUT2D eigenvalue weighted by Gasteiger charge is 2.26. The van der Waals surface area contributed by atoms with E-state index in [2.05, 4.69) is 22.0 Å². The van der Waals surface area contributed by atoms with Gasteiger partial charge in [-0.15, -0.1) is 0 Å². The molecule has 1 unspecified atom stereocenters. The molecule has 1 aromatic heterocycles. The number of halogens is 1. The number of ether oxygens (including phenoxy) is 2. The molecule has 5 nitrogen and oxygen atoms in total. The van der Waals surface area contributed by atoms with Crippen LogP contribution in [0.25, 0.3) is 16.7 Å². The van der Waals surface area contributed by atoms with E-state index in [-0.39, 0.29) is 11.9 Å². The predicted molar refractivity (Wildman–Crippen MR) is 115 cm³/mol. The summed E-state index contributed by atoms with van der Waals surface area (Å²) in [4.78, 5) is 4.78. The Kier molecular flexibility index (Phi) is 4.39. The van der Waals surface area contributed by atoms with Gasteiger partial charge in [-0.1, -0.05) is 18.2 Å². The number of aromatic nitrogens is 2. The molecule has 2 heterocycles. The highest BCUT2D eigenvalue weighted by molar-refractivity contribution is 5.85. The van der Waals surface area contributed by atoms with Crippen LogP contribution in [0.5, 0.6) is 11.5 Å². The number of imidazole rings is 1. The van der Waals surface area contributed by atoms with Crippen molar-refractivity contribution in [2.75, 3.05) is 19.5 Å². The summed E-state index contributed by atoms with van der Waals surface area (Å²) in [5.41, 5.74) is 4.71. The van der Waals surface area contributed by atoms with Crippen molar-refractivity contribution < 1.29 is 13.9 Å². The second-order valence-corrected chi connectivity index (χ2v) is 7.07. The first-order valence-electron chi connectivity index (χ1n) is 9.61. The molecule has 150 valence electrons. The highest BCUT2D eigenvalue weighted by Crippen LogP contribution is 2.39. The summed E-state index contributed by atoms with van der Waals surface area (Å²) in [6.07, 6.45) is 2.12. The molecule has 0 spiro atoms. The summed E-state index contributed by atoms with van der Waals surface area (Å²) in [6, 6.07) is 20.2. The SMILES string of the molecule is COc1ccc(C2C=C(c3ccc(F)cc3)Nc3nc4ccccc4n32)cc1OC. The van der Waals surface area contributed by atoms with Crippen molar-refractivity contribution in [1.29, 1.82) is 0 Å². The number of hydrogen-bond donors (Lipinski definition) is 1. The van der Waals surface area contributed by atoms with Gasteiger partial charge >= 0.3 is 0 Å². The molecule has 0 saturated heterocycles. The first kappa shape index (κ1) is 18.2. The lowest BCUT2D eigenvalue weighted by atomic mass is 10.0. The van der Waals surface area contributed by atoms with Crippen LogP contribution in [-0.4, -0.2) is 23.8 Å². The number of allylic oxidation sites excluding steroid dienone is 1. The molecule has 0 bridgehead atoms. The van der Waals surface area contributed by atoms with Gasteiger partial charge in [0.15, 0.2) is 11.5 Å². The van der Waals surface area contributed by atoms with Crippen LogP contribution in [0.1, 0.15) is 17.2 Å². The van der Waals surface area contributed by atoms with Crippen molar-refractivity contribution in [3.05, 3.63) is 89.8 Å². The average molecular weight is 401 g/mol. The molecule has 5 rings (SSSR count). The fraction of sp³-hybridized carbons (Fsp3) is 0.125. The molecule has 0 fully saturated rings. The molecular formula is C24H20FN3O2. The molecule has 6 heteroatoms. The van der Waals surface area contributed by atoms with E-state index in [1.807, 2.05) is 36.4 Å². The number of hydrogen-bond acceptors (Lipinski definition) is 4. The maximum atomic E-state index is 13.4. The molecule has 1 aliphatic heterocycles. The maximum absolute atomic E-state index is 13.4. The minimum Gasteiger partial charge on any atom is -0.493 e. The smallest absolute Gasteiger partial charge is 0.209 e. The Bertz CT molecular complexity index is 1260. The second kappa shape index (κ2) is 7.22. The zero-order valence-electron chi connectivity index (χ0n) is 16.6.